The van der Waals surface area contributed by atoms with E-state index in [1.54, 1.807) is 24.3 Å². The van der Waals surface area contributed by atoms with Gasteiger partial charge in [0.1, 0.15) is 11.6 Å². The van der Waals surface area contributed by atoms with Crippen molar-refractivity contribution in [2.24, 2.45) is 0 Å². The number of nitrogens with zero attached hydrogens (tertiary/aromatic N) is 1. The van der Waals surface area contributed by atoms with Gasteiger partial charge < -0.3 is 14.6 Å². The highest BCUT2D eigenvalue weighted by Gasteiger charge is 2.12. The Balaban J connectivity index is 1.61. The minimum absolute atomic E-state index is 0.233. The van der Waals surface area contributed by atoms with Crippen molar-refractivity contribution in [1.82, 2.24) is 10.2 Å². The van der Waals surface area contributed by atoms with E-state index in [-0.39, 0.29) is 17.5 Å². The van der Waals surface area contributed by atoms with Gasteiger partial charge in [-0.3, -0.25) is 4.79 Å². The third-order valence-corrected chi connectivity index (χ3v) is 4.40. The molecule has 0 spiro atoms. The Morgan fingerprint density at radius 1 is 1.07 bits per heavy atom. The van der Waals surface area contributed by atoms with Crippen LogP contribution in [0.3, 0.4) is 0 Å². The molecule has 0 atom stereocenters. The summed E-state index contributed by atoms with van der Waals surface area (Å²) >= 11 is 0. The summed E-state index contributed by atoms with van der Waals surface area (Å²) in [5.41, 5.74) is 2.97. The average molecular weight is 366 g/mol. The molecule has 1 amide bonds. The van der Waals surface area contributed by atoms with Crippen molar-refractivity contribution in [1.29, 1.82) is 0 Å². The molecular weight excluding hydrogens is 343 g/mol. The van der Waals surface area contributed by atoms with Crippen molar-refractivity contribution in [3.63, 3.8) is 0 Å². The van der Waals surface area contributed by atoms with Gasteiger partial charge in [0.25, 0.3) is 5.91 Å². The molecule has 0 saturated heterocycles. The molecule has 140 valence electrons. The second-order valence-electron chi connectivity index (χ2n) is 6.50. The lowest BCUT2D eigenvalue weighted by molar-refractivity contribution is 0.0924. The summed E-state index contributed by atoms with van der Waals surface area (Å²) in [6.07, 6.45) is 0. The van der Waals surface area contributed by atoms with Gasteiger partial charge in [0.15, 0.2) is 5.76 Å². The number of nitrogens with one attached hydrogen (secondary N) is 1. The van der Waals surface area contributed by atoms with E-state index in [1.807, 2.05) is 12.1 Å². The Bertz CT molecular complexity index is 903. The predicted molar refractivity (Wildman–Crippen MR) is 104 cm³/mol. The monoisotopic (exact) mass is 366 g/mol. The van der Waals surface area contributed by atoms with Crippen molar-refractivity contribution in [3.05, 3.63) is 83.4 Å². The molecular formula is C22H23FN2O2. The topological polar surface area (TPSA) is 45.5 Å². The van der Waals surface area contributed by atoms with Gasteiger partial charge >= 0.3 is 0 Å². The molecule has 1 N–H and O–H groups in total. The zero-order valence-corrected chi connectivity index (χ0v) is 15.5. The van der Waals surface area contributed by atoms with Crippen LogP contribution in [0.1, 0.15) is 28.6 Å². The molecule has 3 rings (SSSR count). The Morgan fingerprint density at radius 2 is 1.81 bits per heavy atom. The van der Waals surface area contributed by atoms with E-state index < -0.39 is 0 Å². The zero-order chi connectivity index (χ0) is 19.2. The van der Waals surface area contributed by atoms with Crippen LogP contribution >= 0.6 is 0 Å². The van der Waals surface area contributed by atoms with Crippen molar-refractivity contribution in [3.8, 4) is 11.3 Å². The molecule has 0 aliphatic rings. The van der Waals surface area contributed by atoms with Gasteiger partial charge in [-0.1, -0.05) is 31.2 Å². The lowest BCUT2D eigenvalue weighted by Crippen LogP contribution is -2.22. The van der Waals surface area contributed by atoms with E-state index in [0.29, 0.717) is 12.3 Å². The van der Waals surface area contributed by atoms with Crippen molar-refractivity contribution < 1.29 is 13.6 Å². The van der Waals surface area contributed by atoms with Crippen LogP contribution in [0.2, 0.25) is 0 Å². The van der Waals surface area contributed by atoms with Crippen LogP contribution in [0.5, 0.6) is 0 Å². The standard InChI is InChI=1S/C22H23FN2O2/c1-3-25(2)15-17-6-4-5-16(13-17)14-24-22(26)21-12-11-20(27-21)18-7-9-19(23)10-8-18/h4-13H,3,14-15H2,1-2H3,(H,24,26). The molecule has 0 aliphatic heterocycles. The molecule has 0 saturated carbocycles. The van der Waals surface area contributed by atoms with Crippen molar-refractivity contribution >= 4 is 5.91 Å². The molecule has 1 heterocycles. The van der Waals surface area contributed by atoms with Crippen molar-refractivity contribution in [2.75, 3.05) is 13.6 Å². The van der Waals surface area contributed by atoms with Crippen LogP contribution in [-0.4, -0.2) is 24.4 Å². The highest BCUT2D eigenvalue weighted by atomic mass is 19.1. The van der Waals surface area contributed by atoms with Crippen LogP contribution in [-0.2, 0) is 13.1 Å². The summed E-state index contributed by atoms with van der Waals surface area (Å²) in [6.45, 7) is 4.40. The number of furan rings is 1. The molecule has 4 nitrogen and oxygen atoms in total. The number of hydrogen-bond acceptors (Lipinski definition) is 3. The molecule has 0 unspecified atom stereocenters. The SMILES string of the molecule is CCN(C)Cc1cccc(CNC(=O)c2ccc(-c3ccc(F)cc3)o2)c1. The summed E-state index contributed by atoms with van der Waals surface area (Å²) in [4.78, 5) is 14.6. The summed E-state index contributed by atoms with van der Waals surface area (Å²) in [6, 6.07) is 17.5. The predicted octanol–water partition coefficient (Wildman–Crippen LogP) is 4.47. The van der Waals surface area contributed by atoms with E-state index in [9.17, 15) is 9.18 Å². The van der Waals surface area contributed by atoms with Crippen LogP contribution in [0.4, 0.5) is 4.39 Å². The maximum Gasteiger partial charge on any atom is 0.287 e. The summed E-state index contributed by atoms with van der Waals surface area (Å²) in [5.74, 6) is 0.177. The van der Waals surface area contributed by atoms with E-state index in [1.165, 1.54) is 17.7 Å². The molecule has 2 aromatic carbocycles. The Kier molecular flexibility index (Phi) is 6.04. The second kappa shape index (κ2) is 8.64. The minimum Gasteiger partial charge on any atom is -0.451 e. The summed E-state index contributed by atoms with van der Waals surface area (Å²) in [5, 5.41) is 2.88. The molecule has 0 radical (unpaired) electrons. The molecule has 0 bridgehead atoms. The van der Waals surface area contributed by atoms with E-state index >= 15 is 0 Å². The molecule has 3 aromatic rings. The Morgan fingerprint density at radius 3 is 2.56 bits per heavy atom. The highest BCUT2D eigenvalue weighted by Crippen LogP contribution is 2.22. The number of hydrogen-bond donors (Lipinski definition) is 1. The number of carbonyl (C=O) groups excluding carboxylic acids is 1. The Labute approximate surface area is 158 Å². The van der Waals surface area contributed by atoms with Gasteiger partial charge in [0, 0.05) is 18.7 Å². The number of carbonyl (C=O) groups is 1. The molecule has 27 heavy (non-hydrogen) atoms. The van der Waals surface area contributed by atoms with E-state index in [2.05, 4.69) is 36.3 Å². The fourth-order valence-corrected chi connectivity index (χ4v) is 2.76. The van der Waals surface area contributed by atoms with Crippen LogP contribution in [0, 0.1) is 5.82 Å². The first kappa shape index (κ1) is 18.9. The Hall–Kier alpha value is -2.92. The number of rotatable bonds is 7. The number of benzene rings is 2. The number of amides is 1. The van der Waals surface area contributed by atoms with Crippen LogP contribution in [0.25, 0.3) is 11.3 Å². The number of halogens is 1. The first-order valence-electron chi connectivity index (χ1n) is 8.95. The minimum atomic E-state index is -0.310. The fourth-order valence-electron chi connectivity index (χ4n) is 2.76. The highest BCUT2D eigenvalue weighted by molar-refractivity contribution is 5.92. The van der Waals surface area contributed by atoms with Gasteiger partial charge in [0.2, 0.25) is 0 Å². The third kappa shape index (κ3) is 5.05. The summed E-state index contributed by atoms with van der Waals surface area (Å²) < 4.78 is 18.6. The lowest BCUT2D eigenvalue weighted by Gasteiger charge is -2.14. The maximum absolute atomic E-state index is 13.0. The molecule has 5 heteroatoms. The first-order valence-corrected chi connectivity index (χ1v) is 8.95. The third-order valence-electron chi connectivity index (χ3n) is 4.40. The molecule has 0 aliphatic carbocycles. The van der Waals surface area contributed by atoms with Gasteiger partial charge in [0.05, 0.1) is 0 Å². The van der Waals surface area contributed by atoms with E-state index in [0.717, 1.165) is 24.2 Å². The van der Waals surface area contributed by atoms with E-state index in [4.69, 9.17) is 4.42 Å². The van der Waals surface area contributed by atoms with Gasteiger partial charge in [-0.25, -0.2) is 4.39 Å². The second-order valence-corrected chi connectivity index (χ2v) is 6.50. The maximum atomic E-state index is 13.0. The molecule has 0 fully saturated rings. The van der Waals surface area contributed by atoms with Gasteiger partial charge in [-0.15, -0.1) is 0 Å². The largest absolute Gasteiger partial charge is 0.451 e. The van der Waals surface area contributed by atoms with Crippen molar-refractivity contribution in [2.45, 2.75) is 20.0 Å². The first-order chi connectivity index (χ1) is 13.0. The van der Waals surface area contributed by atoms with Gasteiger partial charge in [-0.2, -0.15) is 0 Å². The van der Waals surface area contributed by atoms with Gasteiger partial charge in [-0.05, 0) is 61.1 Å². The smallest absolute Gasteiger partial charge is 0.287 e. The normalized spacial score (nSPS) is 11.0. The average Bonchev–Trinajstić information content (AvgIpc) is 3.17. The zero-order valence-electron chi connectivity index (χ0n) is 15.5. The lowest BCUT2D eigenvalue weighted by atomic mass is 10.1. The fraction of sp³-hybridized carbons (Fsp3) is 0.227. The summed E-state index contributed by atoms with van der Waals surface area (Å²) in [7, 11) is 2.07. The quantitative estimate of drug-likeness (QED) is 0.671. The molecule has 1 aromatic heterocycles. The van der Waals surface area contributed by atoms with Crippen LogP contribution in [0.15, 0.2) is 65.1 Å². The van der Waals surface area contributed by atoms with Crippen LogP contribution < -0.4 is 5.32 Å².